The molecule has 4 nitrogen and oxygen atoms in total. The summed E-state index contributed by atoms with van der Waals surface area (Å²) in [5.41, 5.74) is 2.76. The first kappa shape index (κ1) is 16.2. The topological polar surface area (TPSA) is 55.1 Å². The second-order valence-electron chi connectivity index (χ2n) is 5.85. The van der Waals surface area contributed by atoms with Gasteiger partial charge in [0.15, 0.2) is 0 Å². The van der Waals surface area contributed by atoms with Gasteiger partial charge in [0, 0.05) is 13.0 Å². The zero-order chi connectivity index (χ0) is 17.1. The van der Waals surface area contributed by atoms with Gasteiger partial charge in [-0.3, -0.25) is 0 Å². The van der Waals surface area contributed by atoms with Crippen LogP contribution < -0.4 is 0 Å². The van der Waals surface area contributed by atoms with E-state index in [0.29, 0.717) is 6.54 Å². The lowest BCUT2D eigenvalue weighted by molar-refractivity contribution is 0.0697. The van der Waals surface area contributed by atoms with E-state index in [9.17, 15) is 9.18 Å². The molecule has 0 unspecified atom stereocenters. The summed E-state index contributed by atoms with van der Waals surface area (Å²) in [6, 6.07) is 11.4. The number of carbonyl (C=O) groups is 1. The van der Waals surface area contributed by atoms with Gasteiger partial charge >= 0.3 is 5.97 Å². The largest absolute Gasteiger partial charge is 0.478 e. The maximum Gasteiger partial charge on any atom is 0.335 e. The average molecular weight is 326 g/mol. The van der Waals surface area contributed by atoms with E-state index in [2.05, 4.69) is 11.9 Å². The first-order chi connectivity index (χ1) is 11.6. The van der Waals surface area contributed by atoms with Crippen LogP contribution in [0.3, 0.4) is 0 Å². The molecule has 24 heavy (non-hydrogen) atoms. The third kappa shape index (κ3) is 3.30. The summed E-state index contributed by atoms with van der Waals surface area (Å²) >= 11 is 0. The number of aryl methyl sites for hydroxylation is 1. The van der Waals surface area contributed by atoms with Gasteiger partial charge in [-0.2, -0.15) is 0 Å². The Bertz CT molecular complexity index is 869. The van der Waals surface area contributed by atoms with E-state index in [4.69, 9.17) is 5.11 Å². The van der Waals surface area contributed by atoms with E-state index in [1.54, 1.807) is 30.3 Å². The Balaban J connectivity index is 1.99. The number of hydrogen-bond donors (Lipinski definition) is 1. The predicted octanol–water partition coefficient (Wildman–Crippen LogP) is 4.26. The molecule has 0 atom stereocenters. The molecule has 0 saturated carbocycles. The molecule has 0 amide bonds. The van der Waals surface area contributed by atoms with E-state index in [-0.39, 0.29) is 11.4 Å². The molecule has 124 valence electrons. The Morgan fingerprint density at radius 1 is 1.21 bits per heavy atom. The fraction of sp³-hybridized carbons (Fsp3) is 0.263. The smallest absolute Gasteiger partial charge is 0.335 e. The molecular formula is C19H19FN2O2. The van der Waals surface area contributed by atoms with Gasteiger partial charge in [-0.15, -0.1) is 0 Å². The van der Waals surface area contributed by atoms with Crippen LogP contribution in [-0.2, 0) is 13.0 Å². The minimum Gasteiger partial charge on any atom is -0.478 e. The molecule has 0 aliphatic rings. The fourth-order valence-corrected chi connectivity index (χ4v) is 2.78. The number of unbranched alkanes of at least 4 members (excludes halogenated alkanes) is 1. The average Bonchev–Trinajstić information content (AvgIpc) is 2.90. The van der Waals surface area contributed by atoms with Gasteiger partial charge in [0.2, 0.25) is 0 Å². The zero-order valence-corrected chi connectivity index (χ0v) is 13.5. The Morgan fingerprint density at radius 2 is 1.96 bits per heavy atom. The predicted molar refractivity (Wildman–Crippen MR) is 90.8 cm³/mol. The highest BCUT2D eigenvalue weighted by atomic mass is 19.1. The van der Waals surface area contributed by atoms with E-state index in [0.717, 1.165) is 41.7 Å². The number of rotatable bonds is 6. The molecule has 0 aliphatic heterocycles. The highest BCUT2D eigenvalue weighted by molar-refractivity contribution is 5.87. The fourth-order valence-electron chi connectivity index (χ4n) is 2.78. The molecule has 0 saturated heterocycles. The molecule has 0 radical (unpaired) electrons. The van der Waals surface area contributed by atoms with Crippen molar-refractivity contribution in [2.45, 2.75) is 32.7 Å². The van der Waals surface area contributed by atoms with Gasteiger partial charge in [0.05, 0.1) is 16.6 Å². The van der Waals surface area contributed by atoms with Crippen LogP contribution in [0.15, 0.2) is 42.5 Å². The lowest BCUT2D eigenvalue weighted by Crippen LogP contribution is -2.06. The Morgan fingerprint density at radius 3 is 2.62 bits per heavy atom. The lowest BCUT2D eigenvalue weighted by Gasteiger charge is -2.10. The van der Waals surface area contributed by atoms with Crippen LogP contribution in [0.5, 0.6) is 0 Å². The van der Waals surface area contributed by atoms with Crippen molar-refractivity contribution < 1.29 is 14.3 Å². The van der Waals surface area contributed by atoms with E-state index >= 15 is 0 Å². The Labute approximate surface area is 139 Å². The van der Waals surface area contributed by atoms with Gasteiger partial charge < -0.3 is 9.67 Å². The first-order valence-corrected chi connectivity index (χ1v) is 8.05. The molecule has 3 rings (SSSR count). The number of carboxylic acids is 1. The quantitative estimate of drug-likeness (QED) is 0.736. The van der Waals surface area contributed by atoms with Crippen LogP contribution in [0.1, 0.15) is 41.5 Å². The molecular weight excluding hydrogens is 307 g/mol. The first-order valence-electron chi connectivity index (χ1n) is 8.05. The number of imidazole rings is 1. The molecule has 2 aromatic carbocycles. The zero-order valence-electron chi connectivity index (χ0n) is 13.5. The number of hydrogen-bond acceptors (Lipinski definition) is 2. The number of aromatic carboxylic acids is 1. The molecule has 5 heteroatoms. The summed E-state index contributed by atoms with van der Waals surface area (Å²) in [5.74, 6) is -0.299. The molecule has 0 bridgehead atoms. The maximum atomic E-state index is 13.7. The van der Waals surface area contributed by atoms with Crippen molar-refractivity contribution in [3.8, 4) is 0 Å². The number of carboxylic acid groups (broad SMARTS) is 1. The van der Waals surface area contributed by atoms with Gasteiger partial charge in [0.25, 0.3) is 0 Å². The van der Waals surface area contributed by atoms with Gasteiger partial charge in [0.1, 0.15) is 11.6 Å². The van der Waals surface area contributed by atoms with Crippen LogP contribution in [-0.4, -0.2) is 20.6 Å². The van der Waals surface area contributed by atoms with E-state index < -0.39 is 5.97 Å². The van der Waals surface area contributed by atoms with Gasteiger partial charge in [-0.05, 0) is 42.3 Å². The molecule has 0 fully saturated rings. The summed E-state index contributed by atoms with van der Waals surface area (Å²) in [6.07, 6.45) is 2.91. The van der Waals surface area contributed by atoms with E-state index in [1.807, 2.05) is 4.57 Å². The summed E-state index contributed by atoms with van der Waals surface area (Å²) in [6.45, 7) is 2.66. The third-order valence-electron chi connectivity index (χ3n) is 4.08. The van der Waals surface area contributed by atoms with Crippen LogP contribution in [0.4, 0.5) is 4.39 Å². The summed E-state index contributed by atoms with van der Waals surface area (Å²) in [4.78, 5) is 15.6. The summed E-state index contributed by atoms with van der Waals surface area (Å²) in [7, 11) is 0. The maximum absolute atomic E-state index is 13.7. The third-order valence-corrected chi connectivity index (χ3v) is 4.08. The monoisotopic (exact) mass is 326 g/mol. The summed E-state index contributed by atoms with van der Waals surface area (Å²) < 4.78 is 15.7. The number of fused-ring (bicyclic) bond motifs is 1. The highest BCUT2D eigenvalue weighted by Crippen LogP contribution is 2.21. The molecule has 3 aromatic rings. The van der Waals surface area contributed by atoms with Gasteiger partial charge in [-0.1, -0.05) is 25.5 Å². The van der Waals surface area contributed by atoms with Crippen molar-refractivity contribution in [2.24, 2.45) is 0 Å². The molecule has 0 aliphatic carbocycles. The normalized spacial score (nSPS) is 11.1. The standard InChI is InChI=1S/C19H19FN2O2/c1-2-3-4-18-21-16-10-9-15(20)11-17(16)22(18)12-13-5-7-14(8-6-13)19(23)24/h5-11H,2-4,12H2,1H3,(H,23,24). The van der Waals surface area contributed by atoms with Crippen LogP contribution in [0.2, 0.25) is 0 Å². The SMILES string of the molecule is CCCCc1nc2ccc(F)cc2n1Cc1ccc(C(=O)O)cc1. The molecule has 1 N–H and O–H groups in total. The number of benzene rings is 2. The summed E-state index contributed by atoms with van der Waals surface area (Å²) in [5, 5.41) is 8.99. The highest BCUT2D eigenvalue weighted by Gasteiger charge is 2.12. The molecule has 1 aromatic heterocycles. The van der Waals surface area contributed by atoms with Crippen LogP contribution in [0, 0.1) is 5.82 Å². The second-order valence-corrected chi connectivity index (χ2v) is 5.85. The Hall–Kier alpha value is -2.69. The van der Waals surface area contributed by atoms with Crippen LogP contribution in [0.25, 0.3) is 11.0 Å². The Kier molecular flexibility index (Phi) is 4.60. The van der Waals surface area contributed by atoms with Crippen molar-refractivity contribution in [3.05, 3.63) is 65.2 Å². The second kappa shape index (κ2) is 6.83. The molecule has 0 spiro atoms. The number of halogens is 1. The van der Waals surface area contributed by atoms with Gasteiger partial charge in [-0.25, -0.2) is 14.2 Å². The van der Waals surface area contributed by atoms with Crippen molar-refractivity contribution in [1.29, 1.82) is 0 Å². The van der Waals surface area contributed by atoms with Crippen molar-refractivity contribution >= 4 is 17.0 Å². The number of nitrogens with zero attached hydrogens (tertiary/aromatic N) is 2. The lowest BCUT2D eigenvalue weighted by atomic mass is 10.1. The van der Waals surface area contributed by atoms with Crippen molar-refractivity contribution in [2.75, 3.05) is 0 Å². The molecule has 1 heterocycles. The minimum atomic E-state index is -0.944. The van der Waals surface area contributed by atoms with E-state index in [1.165, 1.54) is 12.1 Å². The van der Waals surface area contributed by atoms with Crippen molar-refractivity contribution in [1.82, 2.24) is 9.55 Å². The van der Waals surface area contributed by atoms with Crippen molar-refractivity contribution in [3.63, 3.8) is 0 Å². The minimum absolute atomic E-state index is 0.256. The van der Waals surface area contributed by atoms with Crippen LogP contribution >= 0.6 is 0 Å². The number of aromatic nitrogens is 2.